The summed E-state index contributed by atoms with van der Waals surface area (Å²) in [6.07, 6.45) is 0.965. The summed E-state index contributed by atoms with van der Waals surface area (Å²) in [5, 5.41) is 3.54. The molecule has 2 aliphatic rings. The fraction of sp³-hybridized carbons (Fsp3) is 0.667. The quantitative estimate of drug-likeness (QED) is 0.826. The summed E-state index contributed by atoms with van der Waals surface area (Å²) < 4.78 is 40.9. The van der Waals surface area contributed by atoms with Crippen molar-refractivity contribution in [2.24, 2.45) is 5.92 Å². The molecule has 1 atom stereocenters. The first-order valence-corrected chi connectivity index (χ1v) is 9.16. The maximum atomic E-state index is 13.6. The van der Waals surface area contributed by atoms with E-state index in [4.69, 9.17) is 11.6 Å². The van der Waals surface area contributed by atoms with Crippen molar-refractivity contribution in [3.63, 3.8) is 0 Å². The molecule has 1 aliphatic heterocycles. The Balaban J connectivity index is 2.04. The van der Waals surface area contributed by atoms with Crippen molar-refractivity contribution in [2.75, 3.05) is 26.2 Å². The Labute approximate surface area is 146 Å². The van der Waals surface area contributed by atoms with Crippen molar-refractivity contribution < 1.29 is 13.2 Å². The van der Waals surface area contributed by atoms with Gasteiger partial charge in [-0.2, -0.15) is 13.2 Å². The van der Waals surface area contributed by atoms with E-state index in [0.717, 1.165) is 51.9 Å². The normalized spacial score (nSPS) is 22.5. The minimum Gasteiger partial charge on any atom is -0.314 e. The van der Waals surface area contributed by atoms with Gasteiger partial charge in [0, 0.05) is 42.8 Å². The zero-order chi connectivity index (χ0) is 17.2. The number of rotatable bonds is 3. The van der Waals surface area contributed by atoms with Crippen LogP contribution in [0.25, 0.3) is 0 Å². The van der Waals surface area contributed by atoms with Gasteiger partial charge < -0.3 is 5.32 Å². The molecule has 2 fully saturated rings. The van der Waals surface area contributed by atoms with E-state index in [1.54, 1.807) is 6.07 Å². The Morgan fingerprint density at radius 3 is 2.38 bits per heavy atom. The highest BCUT2D eigenvalue weighted by molar-refractivity contribution is 6.31. The van der Waals surface area contributed by atoms with Gasteiger partial charge in [0.15, 0.2) is 0 Å². The number of hydrogen-bond acceptors (Lipinski definition) is 2. The van der Waals surface area contributed by atoms with E-state index in [-0.39, 0.29) is 17.0 Å². The van der Waals surface area contributed by atoms with Crippen LogP contribution in [0.2, 0.25) is 5.02 Å². The van der Waals surface area contributed by atoms with Crippen LogP contribution in [-0.2, 0) is 6.18 Å². The molecule has 0 unspecified atom stereocenters. The average Bonchev–Trinajstić information content (AvgIpc) is 2.57. The van der Waals surface area contributed by atoms with E-state index >= 15 is 0 Å². The zero-order valence-electron chi connectivity index (χ0n) is 13.7. The second kappa shape index (κ2) is 7.63. The Kier molecular flexibility index (Phi) is 5.73. The fourth-order valence-electron chi connectivity index (χ4n) is 4.21. The summed E-state index contributed by atoms with van der Waals surface area (Å²) in [4.78, 5) is 2.21. The van der Waals surface area contributed by atoms with Gasteiger partial charge in [-0.05, 0) is 30.9 Å². The van der Waals surface area contributed by atoms with Gasteiger partial charge in [-0.3, -0.25) is 4.90 Å². The van der Waals surface area contributed by atoms with Crippen LogP contribution in [-0.4, -0.2) is 31.1 Å². The molecule has 2 nitrogen and oxygen atoms in total. The lowest BCUT2D eigenvalue weighted by Gasteiger charge is -2.42. The van der Waals surface area contributed by atoms with Crippen LogP contribution in [0, 0.1) is 5.92 Å². The van der Waals surface area contributed by atoms with Crippen molar-refractivity contribution in [3.8, 4) is 0 Å². The van der Waals surface area contributed by atoms with Crippen LogP contribution in [0.5, 0.6) is 0 Å². The molecule has 1 saturated carbocycles. The van der Waals surface area contributed by atoms with Crippen LogP contribution in [0.1, 0.15) is 49.3 Å². The summed E-state index contributed by atoms with van der Waals surface area (Å²) in [5.41, 5.74) is -0.274. The Morgan fingerprint density at radius 1 is 1.08 bits per heavy atom. The topological polar surface area (TPSA) is 15.3 Å². The maximum absolute atomic E-state index is 13.6. The number of hydrogen-bond donors (Lipinski definition) is 1. The molecule has 6 heteroatoms. The molecule has 0 bridgehead atoms. The summed E-state index contributed by atoms with van der Waals surface area (Å²) in [7, 11) is 0. The molecule has 134 valence electrons. The second-order valence-electron chi connectivity index (χ2n) is 6.83. The number of alkyl halides is 3. The lowest BCUT2D eigenvalue weighted by molar-refractivity contribution is -0.139. The highest BCUT2D eigenvalue weighted by Crippen LogP contribution is 2.46. The smallest absolute Gasteiger partial charge is 0.314 e. The van der Waals surface area contributed by atoms with Crippen LogP contribution >= 0.6 is 11.6 Å². The van der Waals surface area contributed by atoms with Gasteiger partial charge in [0.2, 0.25) is 0 Å². The molecule has 0 radical (unpaired) electrons. The zero-order valence-corrected chi connectivity index (χ0v) is 14.5. The number of piperazine rings is 1. The molecule has 3 rings (SSSR count). The third-order valence-electron chi connectivity index (χ3n) is 5.30. The van der Waals surface area contributed by atoms with Crippen molar-refractivity contribution >= 4 is 11.6 Å². The molecular formula is C18H24ClF3N2. The van der Waals surface area contributed by atoms with E-state index in [0.29, 0.717) is 5.56 Å². The summed E-state index contributed by atoms with van der Waals surface area (Å²) >= 11 is 6.33. The maximum Gasteiger partial charge on any atom is 0.416 e. The number of nitrogens with zero attached hydrogens (tertiary/aromatic N) is 1. The standard InChI is InChI=1S/C18H24ClF3N2/c19-15-8-4-7-14(18(20,21)22)16(15)17(13-5-2-1-3-6-13)24-11-9-23-10-12-24/h4,7-8,13,17,23H,1-3,5-6,9-12H2/t17-/m0/s1. The largest absolute Gasteiger partial charge is 0.416 e. The second-order valence-corrected chi connectivity index (χ2v) is 7.23. The van der Waals surface area contributed by atoms with Crippen LogP contribution < -0.4 is 5.32 Å². The Morgan fingerprint density at radius 2 is 1.75 bits per heavy atom. The summed E-state index contributed by atoms with van der Waals surface area (Å²) in [6.45, 7) is 3.16. The lowest BCUT2D eigenvalue weighted by Crippen LogP contribution is -2.47. The first-order chi connectivity index (χ1) is 11.5. The molecule has 24 heavy (non-hydrogen) atoms. The van der Waals surface area contributed by atoms with Gasteiger partial charge in [0.1, 0.15) is 0 Å². The van der Waals surface area contributed by atoms with Gasteiger partial charge in [-0.1, -0.05) is 36.9 Å². The van der Waals surface area contributed by atoms with Crippen molar-refractivity contribution in [3.05, 3.63) is 34.3 Å². The molecule has 0 amide bonds. The fourth-order valence-corrected chi connectivity index (χ4v) is 4.50. The molecule has 1 N–H and O–H groups in total. The number of nitrogens with one attached hydrogen (secondary N) is 1. The predicted molar refractivity (Wildman–Crippen MR) is 90.2 cm³/mol. The minimum atomic E-state index is -4.37. The predicted octanol–water partition coefficient (Wildman–Crippen LogP) is 4.89. The van der Waals surface area contributed by atoms with E-state index in [1.807, 2.05) is 0 Å². The highest BCUT2D eigenvalue weighted by atomic mass is 35.5. The van der Waals surface area contributed by atoms with E-state index in [9.17, 15) is 13.2 Å². The molecule has 1 aromatic carbocycles. The molecule has 1 heterocycles. The van der Waals surface area contributed by atoms with E-state index in [2.05, 4.69) is 10.2 Å². The molecule has 0 spiro atoms. The Hall–Kier alpha value is -0.780. The SMILES string of the molecule is FC(F)(F)c1cccc(Cl)c1[C@H](C1CCCCC1)N1CCNCC1. The summed E-state index contributed by atoms with van der Waals surface area (Å²) in [5.74, 6) is 0.248. The number of benzene rings is 1. The van der Waals surface area contributed by atoms with Crippen LogP contribution in [0.4, 0.5) is 13.2 Å². The van der Waals surface area contributed by atoms with Crippen LogP contribution in [0.15, 0.2) is 18.2 Å². The van der Waals surface area contributed by atoms with Gasteiger partial charge in [-0.15, -0.1) is 0 Å². The molecule has 1 saturated heterocycles. The highest BCUT2D eigenvalue weighted by Gasteiger charge is 2.40. The third kappa shape index (κ3) is 3.89. The van der Waals surface area contributed by atoms with E-state index < -0.39 is 11.7 Å². The average molecular weight is 361 g/mol. The molecule has 1 aliphatic carbocycles. The van der Waals surface area contributed by atoms with Crippen molar-refractivity contribution in [2.45, 2.75) is 44.3 Å². The first-order valence-electron chi connectivity index (χ1n) is 8.79. The number of halogens is 4. The van der Waals surface area contributed by atoms with Gasteiger partial charge in [-0.25, -0.2) is 0 Å². The van der Waals surface area contributed by atoms with E-state index in [1.165, 1.54) is 18.6 Å². The molecule has 0 aromatic heterocycles. The van der Waals surface area contributed by atoms with Crippen molar-refractivity contribution in [1.29, 1.82) is 0 Å². The lowest BCUT2D eigenvalue weighted by atomic mass is 9.79. The minimum absolute atomic E-state index is 0.238. The third-order valence-corrected chi connectivity index (χ3v) is 5.63. The monoisotopic (exact) mass is 360 g/mol. The van der Waals surface area contributed by atoms with Crippen molar-refractivity contribution in [1.82, 2.24) is 10.2 Å². The van der Waals surface area contributed by atoms with Gasteiger partial charge in [0.05, 0.1) is 5.56 Å². The summed E-state index contributed by atoms with van der Waals surface area (Å²) in [6, 6.07) is 3.95. The molecule has 1 aromatic rings. The molecular weight excluding hydrogens is 337 g/mol. The first kappa shape index (κ1) is 18.0. The van der Waals surface area contributed by atoms with Gasteiger partial charge in [0.25, 0.3) is 0 Å². The van der Waals surface area contributed by atoms with Gasteiger partial charge >= 0.3 is 6.18 Å². The van der Waals surface area contributed by atoms with Crippen LogP contribution in [0.3, 0.4) is 0 Å². The Bertz CT molecular complexity index is 532.